The van der Waals surface area contributed by atoms with Gasteiger partial charge in [0.05, 0.1) is 0 Å². The largest absolute Gasteiger partial charge is 0.504 e. The van der Waals surface area contributed by atoms with Crippen molar-refractivity contribution in [3.8, 4) is 23.0 Å². The Balaban J connectivity index is 1.64. The number of hydrogen-bond donors (Lipinski definition) is 2. The average Bonchev–Trinajstić information content (AvgIpc) is 2.95. The summed E-state index contributed by atoms with van der Waals surface area (Å²) in [5.74, 6) is 1.78. The van der Waals surface area contributed by atoms with Crippen molar-refractivity contribution >= 4 is 0 Å². The van der Waals surface area contributed by atoms with Crippen molar-refractivity contribution in [2.45, 2.75) is 77.4 Å². The molecule has 3 aliphatic carbocycles. The Morgan fingerprint density at radius 3 is 2.48 bits per heavy atom. The van der Waals surface area contributed by atoms with E-state index in [1.165, 1.54) is 25.7 Å². The predicted octanol–water partition coefficient (Wildman–Crippen LogP) is 4.85. The zero-order valence-corrected chi connectivity index (χ0v) is 15.4. The van der Waals surface area contributed by atoms with Crippen molar-refractivity contribution < 1.29 is 19.7 Å². The first-order valence-electron chi connectivity index (χ1n) is 9.79. The molecule has 0 spiro atoms. The third-order valence-electron chi connectivity index (χ3n) is 7.51. The molecule has 2 saturated carbocycles. The highest BCUT2D eigenvalue weighted by molar-refractivity contribution is 5.68. The molecule has 0 aromatic heterocycles. The number of ether oxygens (including phenoxy) is 2. The minimum Gasteiger partial charge on any atom is -0.504 e. The molecule has 4 nitrogen and oxygen atoms in total. The van der Waals surface area contributed by atoms with Crippen LogP contribution in [0.1, 0.15) is 76.3 Å². The minimum atomic E-state index is -0.864. The maximum Gasteiger partial charge on any atom is 0.246 e. The Morgan fingerprint density at radius 1 is 0.920 bits per heavy atom. The third-order valence-corrected chi connectivity index (χ3v) is 7.51. The standard InChI is InChI=1S/C21H28O4/c1-20(2)24-18-13-7-6-11-12(8-10-21(3)9-4-5-14(11)21)15(13)16(22)19(25-20)17(18)23/h11-12,14,22-23H,4-10H2,1-3H3/t11-,12-,14-,21-/m0/s1. The van der Waals surface area contributed by atoms with Gasteiger partial charge in [0.2, 0.25) is 17.3 Å². The van der Waals surface area contributed by atoms with Gasteiger partial charge in [-0.1, -0.05) is 13.3 Å². The van der Waals surface area contributed by atoms with Crippen LogP contribution < -0.4 is 9.47 Å². The Hall–Kier alpha value is -1.58. The molecule has 4 heteroatoms. The molecule has 4 atom stereocenters. The highest BCUT2D eigenvalue weighted by atomic mass is 16.7. The second kappa shape index (κ2) is 4.77. The molecule has 4 aliphatic rings. The number of phenolic OH excluding ortho intramolecular Hbond substituents is 2. The fourth-order valence-corrected chi connectivity index (χ4v) is 6.46. The monoisotopic (exact) mass is 344 g/mol. The zero-order valence-electron chi connectivity index (χ0n) is 15.4. The fourth-order valence-electron chi connectivity index (χ4n) is 6.46. The van der Waals surface area contributed by atoms with E-state index in [0.717, 1.165) is 36.3 Å². The van der Waals surface area contributed by atoms with Gasteiger partial charge < -0.3 is 19.7 Å². The molecule has 2 fully saturated rings. The summed E-state index contributed by atoms with van der Waals surface area (Å²) >= 11 is 0. The summed E-state index contributed by atoms with van der Waals surface area (Å²) in [7, 11) is 0. The molecular formula is C21H28O4. The van der Waals surface area contributed by atoms with Crippen LogP contribution in [0.15, 0.2) is 0 Å². The fraction of sp³-hybridized carbons (Fsp3) is 0.714. The average molecular weight is 344 g/mol. The molecule has 0 amide bonds. The van der Waals surface area contributed by atoms with Gasteiger partial charge in [0, 0.05) is 25.0 Å². The Kier molecular flexibility index (Phi) is 2.99. The van der Waals surface area contributed by atoms with Crippen molar-refractivity contribution in [1.29, 1.82) is 0 Å². The van der Waals surface area contributed by atoms with E-state index in [0.29, 0.717) is 23.0 Å². The first-order chi connectivity index (χ1) is 11.8. The van der Waals surface area contributed by atoms with Crippen LogP contribution in [-0.2, 0) is 6.42 Å². The normalized spacial score (nSPS) is 37.3. The van der Waals surface area contributed by atoms with Gasteiger partial charge >= 0.3 is 0 Å². The van der Waals surface area contributed by atoms with E-state index in [4.69, 9.17) is 9.47 Å². The van der Waals surface area contributed by atoms with Gasteiger partial charge in [-0.3, -0.25) is 0 Å². The highest BCUT2D eigenvalue weighted by Gasteiger charge is 2.52. The van der Waals surface area contributed by atoms with Crippen LogP contribution in [0.25, 0.3) is 0 Å². The van der Waals surface area contributed by atoms with E-state index in [-0.39, 0.29) is 17.2 Å². The van der Waals surface area contributed by atoms with E-state index in [9.17, 15) is 10.2 Å². The first kappa shape index (κ1) is 15.7. The summed E-state index contributed by atoms with van der Waals surface area (Å²) in [6.07, 6.45) is 8.37. The van der Waals surface area contributed by atoms with Crippen molar-refractivity contribution in [3.05, 3.63) is 11.1 Å². The molecule has 1 aliphatic heterocycles. The minimum absolute atomic E-state index is 0.0319. The molecule has 2 bridgehead atoms. The molecular weight excluding hydrogens is 316 g/mol. The van der Waals surface area contributed by atoms with Crippen LogP contribution in [0, 0.1) is 17.3 Å². The van der Waals surface area contributed by atoms with Crippen LogP contribution in [-0.4, -0.2) is 16.0 Å². The Morgan fingerprint density at radius 2 is 1.68 bits per heavy atom. The maximum atomic E-state index is 11.0. The lowest BCUT2D eigenvalue weighted by atomic mass is 9.55. The SMILES string of the molecule is CC1(C)Oc2c(O)c(c3c(c2O)[C@H]2CC[C@]4(C)CCC[C@H]4[C@H]2CC3)O1. The summed E-state index contributed by atoms with van der Waals surface area (Å²) in [6, 6.07) is 0. The second-order valence-corrected chi connectivity index (χ2v) is 9.35. The molecule has 1 aromatic carbocycles. The van der Waals surface area contributed by atoms with E-state index in [1.807, 2.05) is 13.8 Å². The Bertz CT molecular complexity index is 753. The van der Waals surface area contributed by atoms with E-state index in [2.05, 4.69) is 6.92 Å². The molecule has 0 saturated heterocycles. The van der Waals surface area contributed by atoms with E-state index < -0.39 is 5.79 Å². The molecule has 0 unspecified atom stereocenters. The summed E-state index contributed by atoms with van der Waals surface area (Å²) in [5.41, 5.74) is 2.50. The number of rotatable bonds is 0. The van der Waals surface area contributed by atoms with Gasteiger partial charge in [0.25, 0.3) is 0 Å². The maximum absolute atomic E-state index is 11.0. The molecule has 25 heavy (non-hydrogen) atoms. The Labute approximate surface area is 149 Å². The molecule has 0 radical (unpaired) electrons. The van der Waals surface area contributed by atoms with Gasteiger partial charge in [0.15, 0.2) is 11.5 Å². The number of phenols is 2. The molecule has 5 rings (SSSR count). The number of fused-ring (bicyclic) bond motifs is 8. The number of hydrogen-bond acceptors (Lipinski definition) is 4. The van der Waals surface area contributed by atoms with Crippen LogP contribution in [0.3, 0.4) is 0 Å². The van der Waals surface area contributed by atoms with Gasteiger partial charge in [0.1, 0.15) is 0 Å². The lowest BCUT2D eigenvalue weighted by Gasteiger charge is -2.50. The highest BCUT2D eigenvalue weighted by Crippen LogP contribution is 2.65. The lowest BCUT2D eigenvalue weighted by molar-refractivity contribution is -0.0977. The van der Waals surface area contributed by atoms with Gasteiger partial charge in [-0.2, -0.15) is 0 Å². The van der Waals surface area contributed by atoms with Gasteiger partial charge in [-0.25, -0.2) is 0 Å². The number of aromatic hydroxyl groups is 2. The molecule has 1 aromatic rings. The van der Waals surface area contributed by atoms with Crippen molar-refractivity contribution in [3.63, 3.8) is 0 Å². The smallest absolute Gasteiger partial charge is 0.246 e. The predicted molar refractivity (Wildman–Crippen MR) is 94.3 cm³/mol. The van der Waals surface area contributed by atoms with Crippen LogP contribution in [0.2, 0.25) is 0 Å². The lowest BCUT2D eigenvalue weighted by Crippen LogP contribution is -2.42. The third kappa shape index (κ3) is 2.00. The van der Waals surface area contributed by atoms with Crippen molar-refractivity contribution in [2.75, 3.05) is 0 Å². The van der Waals surface area contributed by atoms with E-state index >= 15 is 0 Å². The topological polar surface area (TPSA) is 58.9 Å². The van der Waals surface area contributed by atoms with Crippen LogP contribution >= 0.6 is 0 Å². The summed E-state index contributed by atoms with van der Waals surface area (Å²) in [6.45, 7) is 6.10. The summed E-state index contributed by atoms with van der Waals surface area (Å²) in [4.78, 5) is 0. The zero-order chi connectivity index (χ0) is 17.6. The number of benzene rings is 1. The molecule has 2 N–H and O–H groups in total. The van der Waals surface area contributed by atoms with Crippen molar-refractivity contribution in [1.82, 2.24) is 0 Å². The van der Waals surface area contributed by atoms with Gasteiger partial charge in [-0.15, -0.1) is 0 Å². The summed E-state index contributed by atoms with van der Waals surface area (Å²) in [5, 5.41) is 21.5. The van der Waals surface area contributed by atoms with Crippen LogP contribution in [0.5, 0.6) is 23.0 Å². The summed E-state index contributed by atoms with van der Waals surface area (Å²) < 4.78 is 11.7. The second-order valence-electron chi connectivity index (χ2n) is 9.35. The van der Waals surface area contributed by atoms with Crippen molar-refractivity contribution in [2.24, 2.45) is 17.3 Å². The van der Waals surface area contributed by atoms with E-state index in [1.54, 1.807) is 0 Å². The van der Waals surface area contributed by atoms with Gasteiger partial charge in [-0.05, 0) is 61.7 Å². The molecule has 136 valence electrons. The quantitative estimate of drug-likeness (QED) is 0.706. The molecule has 1 heterocycles. The first-order valence-corrected chi connectivity index (χ1v) is 9.79. The van der Waals surface area contributed by atoms with Crippen LogP contribution in [0.4, 0.5) is 0 Å².